The van der Waals surface area contributed by atoms with E-state index < -0.39 is 16.8 Å². The lowest BCUT2D eigenvalue weighted by Crippen LogP contribution is -2.21. The summed E-state index contributed by atoms with van der Waals surface area (Å²) in [5.74, 6) is -0.666. The van der Waals surface area contributed by atoms with Gasteiger partial charge < -0.3 is 9.47 Å². The van der Waals surface area contributed by atoms with Crippen LogP contribution in [0.5, 0.6) is 0 Å². The Kier molecular flexibility index (Phi) is 8.35. The lowest BCUT2D eigenvalue weighted by Gasteiger charge is -2.16. The maximum Gasteiger partial charge on any atom is 0.306 e. The molecule has 0 aromatic heterocycles. The van der Waals surface area contributed by atoms with Crippen LogP contribution in [-0.2, 0) is 19.1 Å². The number of carbonyl (C=O) groups is 2. The molecule has 0 spiro atoms. The van der Waals surface area contributed by atoms with Crippen molar-refractivity contribution in [2.45, 2.75) is 44.6 Å². The molecule has 4 nitrogen and oxygen atoms in total. The summed E-state index contributed by atoms with van der Waals surface area (Å²) in [4.78, 5) is 21.7. The predicted molar refractivity (Wildman–Crippen MR) is 66.1 cm³/mol. The average Bonchev–Trinajstić information content (AvgIpc) is 2.23. The second kappa shape index (κ2) is 8.59. The van der Waals surface area contributed by atoms with Gasteiger partial charge in [0, 0.05) is 0 Å². The van der Waals surface area contributed by atoms with Crippen LogP contribution in [0.4, 0.5) is 0 Å². The first-order chi connectivity index (χ1) is 7.82. The first-order valence-electron chi connectivity index (χ1n) is 5.46. The summed E-state index contributed by atoms with van der Waals surface area (Å²) in [5.41, 5.74) is 0. The van der Waals surface area contributed by atoms with Crippen LogP contribution in [0.3, 0.4) is 0 Å². The molecular weight excluding hydrogens is 267 g/mol. The van der Waals surface area contributed by atoms with Crippen molar-refractivity contribution in [1.29, 1.82) is 0 Å². The molecule has 0 bridgehead atoms. The first-order valence-corrected chi connectivity index (χ1v) is 6.33. The van der Waals surface area contributed by atoms with Crippen LogP contribution in [0.1, 0.15) is 33.6 Å². The number of carbonyl (C=O) groups excluding carboxylic acids is 2. The molecule has 6 heteroatoms. The van der Waals surface area contributed by atoms with Crippen LogP contribution in [0.25, 0.3) is 0 Å². The highest BCUT2D eigenvalue weighted by molar-refractivity contribution is 6.44. The van der Waals surface area contributed by atoms with Gasteiger partial charge in [0.1, 0.15) is 17.5 Å². The summed E-state index contributed by atoms with van der Waals surface area (Å²) >= 11 is 10.8. The summed E-state index contributed by atoms with van der Waals surface area (Å²) in [6, 6.07) is 0. The molecule has 0 aromatic carbocycles. The first kappa shape index (κ1) is 16.5. The summed E-state index contributed by atoms with van der Waals surface area (Å²) < 4.78 is 9.78. The van der Waals surface area contributed by atoms with Crippen molar-refractivity contribution in [3.63, 3.8) is 0 Å². The third kappa shape index (κ3) is 9.24. The van der Waals surface area contributed by atoms with Gasteiger partial charge in [0.15, 0.2) is 0 Å². The Hall–Kier alpha value is -0.480. The molecule has 17 heavy (non-hydrogen) atoms. The fourth-order valence-electron chi connectivity index (χ4n) is 0.835. The minimum Gasteiger partial charge on any atom is -0.463 e. The lowest BCUT2D eigenvalue weighted by molar-refractivity contribution is -0.154. The van der Waals surface area contributed by atoms with E-state index in [0.29, 0.717) is 0 Å². The molecule has 1 unspecified atom stereocenters. The highest BCUT2D eigenvalue weighted by Gasteiger charge is 2.15. The average molecular weight is 285 g/mol. The van der Waals surface area contributed by atoms with Crippen LogP contribution >= 0.6 is 23.2 Å². The maximum absolute atomic E-state index is 11.3. The van der Waals surface area contributed by atoms with E-state index in [2.05, 4.69) is 0 Å². The number of rotatable bonds is 7. The van der Waals surface area contributed by atoms with Crippen molar-refractivity contribution in [3.05, 3.63) is 0 Å². The van der Waals surface area contributed by atoms with Crippen molar-refractivity contribution in [3.8, 4) is 0 Å². The van der Waals surface area contributed by atoms with Crippen LogP contribution in [0, 0.1) is 5.92 Å². The van der Waals surface area contributed by atoms with Crippen LogP contribution in [0.15, 0.2) is 0 Å². The van der Waals surface area contributed by atoms with Crippen molar-refractivity contribution >= 4 is 35.1 Å². The van der Waals surface area contributed by atoms with Gasteiger partial charge in [-0.1, -0.05) is 13.8 Å². The number of alkyl halides is 2. The highest BCUT2D eigenvalue weighted by atomic mass is 35.5. The number of esters is 2. The maximum atomic E-state index is 11.3. The number of halogens is 2. The predicted octanol–water partition coefficient (Wildman–Crippen LogP) is 2.70. The van der Waals surface area contributed by atoms with Crippen LogP contribution in [0.2, 0.25) is 0 Å². The van der Waals surface area contributed by atoms with E-state index in [9.17, 15) is 9.59 Å². The zero-order valence-electron chi connectivity index (χ0n) is 10.2. The second-order valence-electron chi connectivity index (χ2n) is 4.01. The van der Waals surface area contributed by atoms with Gasteiger partial charge in [0.25, 0.3) is 0 Å². The Balaban J connectivity index is 3.73. The van der Waals surface area contributed by atoms with Crippen LogP contribution < -0.4 is 0 Å². The van der Waals surface area contributed by atoms with Gasteiger partial charge in [0.05, 0.1) is 12.8 Å². The van der Waals surface area contributed by atoms with E-state index in [0.717, 1.165) is 0 Å². The van der Waals surface area contributed by atoms with Gasteiger partial charge in [-0.15, -0.1) is 23.2 Å². The summed E-state index contributed by atoms with van der Waals surface area (Å²) in [6.07, 6.45) is -0.177. The van der Waals surface area contributed by atoms with Crippen molar-refractivity contribution in [2.24, 2.45) is 5.92 Å². The molecule has 0 aliphatic heterocycles. The normalized spacial score (nSPS) is 12.6. The van der Waals surface area contributed by atoms with Gasteiger partial charge in [-0.3, -0.25) is 9.59 Å². The molecule has 0 saturated carbocycles. The van der Waals surface area contributed by atoms with E-state index in [1.165, 1.54) is 0 Å². The van der Waals surface area contributed by atoms with Gasteiger partial charge in [0.2, 0.25) is 0 Å². The Labute approximate surface area is 112 Å². The molecule has 0 heterocycles. The number of ether oxygens (including phenoxy) is 2. The monoisotopic (exact) mass is 284 g/mol. The highest BCUT2D eigenvalue weighted by Crippen LogP contribution is 2.08. The topological polar surface area (TPSA) is 52.6 Å². The molecule has 0 fully saturated rings. The SMILES string of the molecule is CC(C)C(C)OC(=O)CCC(=O)OCC(Cl)Cl. The summed E-state index contributed by atoms with van der Waals surface area (Å²) in [5, 5.41) is 0. The summed E-state index contributed by atoms with van der Waals surface area (Å²) in [6.45, 7) is 5.65. The Morgan fingerprint density at radius 3 is 2.06 bits per heavy atom. The third-order valence-electron chi connectivity index (χ3n) is 2.16. The molecule has 0 radical (unpaired) electrons. The number of hydrogen-bond donors (Lipinski definition) is 0. The lowest BCUT2D eigenvalue weighted by atomic mass is 10.1. The van der Waals surface area contributed by atoms with Gasteiger partial charge in [-0.25, -0.2) is 0 Å². The van der Waals surface area contributed by atoms with Crippen LogP contribution in [-0.4, -0.2) is 29.5 Å². The van der Waals surface area contributed by atoms with Crippen molar-refractivity contribution < 1.29 is 19.1 Å². The smallest absolute Gasteiger partial charge is 0.306 e. The molecule has 0 aliphatic carbocycles. The molecule has 0 rings (SSSR count). The van der Waals surface area contributed by atoms with E-state index in [-0.39, 0.29) is 31.5 Å². The molecule has 0 aromatic rings. The molecule has 1 atom stereocenters. The van der Waals surface area contributed by atoms with E-state index >= 15 is 0 Å². The van der Waals surface area contributed by atoms with E-state index in [4.69, 9.17) is 32.7 Å². The molecular formula is C11H18Cl2O4. The minimum absolute atomic E-state index is 0.00509. The van der Waals surface area contributed by atoms with Gasteiger partial charge >= 0.3 is 11.9 Å². The Morgan fingerprint density at radius 2 is 1.59 bits per heavy atom. The minimum atomic E-state index is -0.744. The standard InChI is InChI=1S/C11H18Cl2O4/c1-7(2)8(3)17-11(15)5-4-10(14)16-6-9(12)13/h7-9H,4-6H2,1-3H3. The second-order valence-corrected chi connectivity index (χ2v) is 5.29. The molecule has 0 amide bonds. The quantitative estimate of drug-likeness (QED) is 0.533. The molecule has 0 aliphatic rings. The Bertz CT molecular complexity index is 254. The fourth-order valence-corrected chi connectivity index (χ4v) is 0.961. The fraction of sp³-hybridized carbons (Fsp3) is 0.818. The summed E-state index contributed by atoms with van der Waals surface area (Å²) in [7, 11) is 0. The molecule has 100 valence electrons. The zero-order chi connectivity index (χ0) is 13.4. The van der Waals surface area contributed by atoms with Crippen molar-refractivity contribution in [2.75, 3.05) is 6.61 Å². The molecule has 0 saturated heterocycles. The van der Waals surface area contributed by atoms with Gasteiger partial charge in [-0.2, -0.15) is 0 Å². The van der Waals surface area contributed by atoms with E-state index in [1.807, 2.05) is 20.8 Å². The zero-order valence-corrected chi connectivity index (χ0v) is 11.8. The van der Waals surface area contributed by atoms with Gasteiger partial charge in [-0.05, 0) is 12.8 Å². The molecule has 0 N–H and O–H groups in total. The van der Waals surface area contributed by atoms with Crippen molar-refractivity contribution in [1.82, 2.24) is 0 Å². The Morgan fingerprint density at radius 1 is 1.06 bits per heavy atom. The van der Waals surface area contributed by atoms with E-state index in [1.54, 1.807) is 0 Å². The third-order valence-corrected chi connectivity index (χ3v) is 2.41. The largest absolute Gasteiger partial charge is 0.463 e. The number of hydrogen-bond acceptors (Lipinski definition) is 4.